The Morgan fingerprint density at radius 2 is 1.16 bits per heavy atom. The van der Waals surface area contributed by atoms with Crippen LogP contribution in [0.4, 0.5) is 0 Å². The van der Waals surface area contributed by atoms with Crippen molar-refractivity contribution in [3.63, 3.8) is 0 Å². The van der Waals surface area contributed by atoms with Gasteiger partial charge >= 0.3 is 7.12 Å². The van der Waals surface area contributed by atoms with Gasteiger partial charge < -0.3 is 19.5 Å². The zero-order chi connectivity index (χ0) is 14.8. The lowest BCUT2D eigenvalue weighted by Gasteiger charge is -2.25. The Labute approximate surface area is 115 Å². The van der Waals surface area contributed by atoms with Crippen LogP contribution < -0.4 is 14.9 Å². The summed E-state index contributed by atoms with van der Waals surface area (Å²) in [5.74, 6) is 1.11. The minimum Gasteiger partial charge on any atom is -0.488 e. The fraction of sp³-hybridized carbons (Fsp3) is 0.571. The SMILES string of the molecule is CC(C)(C)Oc1cc(OC(C)(C)C)cc(B(O)O)c1. The molecule has 0 saturated carbocycles. The van der Waals surface area contributed by atoms with Crippen LogP contribution in [0.5, 0.6) is 11.5 Å². The molecule has 0 aromatic heterocycles. The van der Waals surface area contributed by atoms with Crippen molar-refractivity contribution < 1.29 is 19.5 Å². The van der Waals surface area contributed by atoms with Gasteiger partial charge in [0.25, 0.3) is 0 Å². The van der Waals surface area contributed by atoms with Gasteiger partial charge in [-0.15, -0.1) is 0 Å². The molecule has 0 spiro atoms. The molecule has 0 aliphatic carbocycles. The van der Waals surface area contributed by atoms with Crippen LogP contribution in [-0.2, 0) is 0 Å². The Morgan fingerprint density at radius 3 is 1.42 bits per heavy atom. The average molecular weight is 266 g/mol. The van der Waals surface area contributed by atoms with E-state index in [1.165, 1.54) is 0 Å². The number of benzene rings is 1. The van der Waals surface area contributed by atoms with Gasteiger partial charge in [-0.1, -0.05) is 0 Å². The van der Waals surface area contributed by atoms with Gasteiger partial charge in [-0.2, -0.15) is 0 Å². The minimum absolute atomic E-state index is 0.348. The van der Waals surface area contributed by atoms with E-state index in [1.54, 1.807) is 18.2 Å². The van der Waals surface area contributed by atoms with E-state index in [0.29, 0.717) is 17.0 Å². The third-order valence-electron chi connectivity index (χ3n) is 2.05. The monoisotopic (exact) mass is 266 g/mol. The molecule has 0 unspecified atom stereocenters. The van der Waals surface area contributed by atoms with Gasteiger partial charge in [0.2, 0.25) is 0 Å². The summed E-state index contributed by atoms with van der Waals surface area (Å²) >= 11 is 0. The van der Waals surface area contributed by atoms with Gasteiger partial charge in [0.15, 0.2) is 0 Å². The van der Waals surface area contributed by atoms with E-state index in [9.17, 15) is 10.0 Å². The van der Waals surface area contributed by atoms with E-state index in [2.05, 4.69) is 0 Å². The van der Waals surface area contributed by atoms with Crippen LogP contribution in [0, 0.1) is 0 Å². The molecule has 0 saturated heterocycles. The fourth-order valence-electron chi connectivity index (χ4n) is 1.57. The maximum Gasteiger partial charge on any atom is 0.488 e. The Kier molecular flexibility index (Phi) is 4.53. The van der Waals surface area contributed by atoms with Crippen molar-refractivity contribution >= 4 is 12.6 Å². The summed E-state index contributed by atoms with van der Waals surface area (Å²) in [5, 5.41) is 18.6. The molecule has 0 amide bonds. The molecule has 106 valence electrons. The van der Waals surface area contributed by atoms with E-state index >= 15 is 0 Å². The Hall–Kier alpha value is -1.20. The molecule has 1 aromatic carbocycles. The van der Waals surface area contributed by atoms with E-state index < -0.39 is 7.12 Å². The third kappa shape index (κ3) is 5.99. The van der Waals surface area contributed by atoms with Crippen molar-refractivity contribution in [1.29, 1.82) is 0 Å². The predicted molar refractivity (Wildman–Crippen MR) is 77.0 cm³/mol. The van der Waals surface area contributed by atoms with E-state index in [0.717, 1.165) is 0 Å². The Bertz CT molecular complexity index is 396. The second kappa shape index (κ2) is 5.43. The van der Waals surface area contributed by atoms with Crippen LogP contribution in [-0.4, -0.2) is 28.4 Å². The maximum atomic E-state index is 9.31. The van der Waals surface area contributed by atoms with Crippen LogP contribution in [0.2, 0.25) is 0 Å². The van der Waals surface area contributed by atoms with E-state index in [-0.39, 0.29) is 11.2 Å². The summed E-state index contributed by atoms with van der Waals surface area (Å²) in [6.45, 7) is 11.6. The van der Waals surface area contributed by atoms with E-state index in [1.807, 2.05) is 41.5 Å². The molecule has 0 aliphatic heterocycles. The van der Waals surface area contributed by atoms with Crippen LogP contribution in [0.3, 0.4) is 0 Å². The minimum atomic E-state index is -1.55. The van der Waals surface area contributed by atoms with Crippen LogP contribution in [0.15, 0.2) is 18.2 Å². The Balaban J connectivity index is 3.11. The molecule has 0 atom stereocenters. The Morgan fingerprint density at radius 1 is 0.789 bits per heavy atom. The summed E-state index contributed by atoms with van der Waals surface area (Å²) in [6, 6.07) is 4.96. The van der Waals surface area contributed by atoms with Crippen molar-refractivity contribution in [3.05, 3.63) is 18.2 Å². The number of hydrogen-bond donors (Lipinski definition) is 2. The predicted octanol–water partition coefficient (Wildman–Crippen LogP) is 1.72. The van der Waals surface area contributed by atoms with Gasteiger partial charge in [0.1, 0.15) is 22.7 Å². The van der Waals surface area contributed by atoms with Crippen molar-refractivity contribution in [3.8, 4) is 11.5 Å². The van der Waals surface area contributed by atoms with Gasteiger partial charge in [-0.05, 0) is 59.1 Å². The lowest BCUT2D eigenvalue weighted by atomic mass is 9.80. The highest BCUT2D eigenvalue weighted by Gasteiger charge is 2.20. The smallest absolute Gasteiger partial charge is 0.488 e. The quantitative estimate of drug-likeness (QED) is 0.818. The summed E-state index contributed by atoms with van der Waals surface area (Å²) < 4.78 is 11.5. The first-order chi connectivity index (χ1) is 8.46. The highest BCUT2D eigenvalue weighted by atomic mass is 16.5. The normalized spacial score (nSPS) is 12.2. The number of rotatable bonds is 3. The maximum absolute atomic E-state index is 9.31. The van der Waals surface area contributed by atoms with Gasteiger partial charge in [-0.3, -0.25) is 0 Å². The molecule has 0 radical (unpaired) electrons. The summed E-state index contributed by atoms with van der Waals surface area (Å²) in [6.07, 6.45) is 0. The van der Waals surface area contributed by atoms with Crippen molar-refractivity contribution in [2.45, 2.75) is 52.7 Å². The standard InChI is InChI=1S/C14H23BO4/c1-13(2,3)18-11-7-10(15(16)17)8-12(9-11)19-14(4,5)6/h7-9,16-17H,1-6H3. The number of ether oxygens (including phenoxy) is 2. The molecule has 0 aliphatic rings. The zero-order valence-corrected chi connectivity index (χ0v) is 12.5. The lowest BCUT2D eigenvalue weighted by molar-refractivity contribution is 0.121. The third-order valence-corrected chi connectivity index (χ3v) is 2.05. The highest BCUT2D eigenvalue weighted by Crippen LogP contribution is 2.25. The second-order valence-corrected chi connectivity index (χ2v) is 6.54. The summed E-state index contributed by atoms with van der Waals surface area (Å²) in [5.41, 5.74) is -0.378. The molecule has 2 N–H and O–H groups in total. The van der Waals surface area contributed by atoms with Gasteiger partial charge in [-0.25, -0.2) is 0 Å². The fourth-order valence-corrected chi connectivity index (χ4v) is 1.57. The molecule has 0 bridgehead atoms. The van der Waals surface area contributed by atoms with Crippen molar-refractivity contribution in [2.75, 3.05) is 0 Å². The molecule has 19 heavy (non-hydrogen) atoms. The van der Waals surface area contributed by atoms with Crippen molar-refractivity contribution in [1.82, 2.24) is 0 Å². The largest absolute Gasteiger partial charge is 0.488 e. The average Bonchev–Trinajstić information content (AvgIpc) is 2.10. The molecule has 1 rings (SSSR count). The van der Waals surface area contributed by atoms with Crippen LogP contribution in [0.1, 0.15) is 41.5 Å². The number of hydrogen-bond acceptors (Lipinski definition) is 4. The van der Waals surface area contributed by atoms with E-state index in [4.69, 9.17) is 9.47 Å². The first-order valence-electron chi connectivity index (χ1n) is 6.35. The molecule has 4 nitrogen and oxygen atoms in total. The molecular weight excluding hydrogens is 243 g/mol. The first kappa shape index (κ1) is 15.9. The second-order valence-electron chi connectivity index (χ2n) is 6.54. The highest BCUT2D eigenvalue weighted by molar-refractivity contribution is 6.58. The van der Waals surface area contributed by atoms with Gasteiger partial charge in [0.05, 0.1) is 0 Å². The molecule has 0 fully saturated rings. The lowest BCUT2D eigenvalue weighted by Crippen LogP contribution is -2.32. The molecule has 0 heterocycles. The molecule has 1 aromatic rings. The van der Waals surface area contributed by atoms with Crippen LogP contribution >= 0.6 is 0 Å². The summed E-state index contributed by atoms with van der Waals surface area (Å²) in [7, 11) is -1.55. The first-order valence-corrected chi connectivity index (χ1v) is 6.35. The molecular formula is C14H23BO4. The zero-order valence-electron chi connectivity index (χ0n) is 12.5. The molecule has 5 heteroatoms. The van der Waals surface area contributed by atoms with Crippen LogP contribution in [0.25, 0.3) is 0 Å². The summed E-state index contributed by atoms with van der Waals surface area (Å²) in [4.78, 5) is 0. The topological polar surface area (TPSA) is 58.9 Å². The van der Waals surface area contributed by atoms with Gasteiger partial charge in [0, 0.05) is 6.07 Å². The van der Waals surface area contributed by atoms with Crippen molar-refractivity contribution in [2.24, 2.45) is 0 Å².